The number of H-pyrrole nitrogens is 2. The van der Waals surface area contributed by atoms with Crippen LogP contribution in [-0.4, -0.2) is 31.6 Å². The Morgan fingerprint density at radius 3 is 2.71 bits per heavy atom. The van der Waals surface area contributed by atoms with Gasteiger partial charge in [0.05, 0.1) is 12.7 Å². The molecule has 3 heterocycles. The molecule has 0 amide bonds. The lowest BCUT2D eigenvalue weighted by Gasteiger charge is -2.03. The molecule has 0 saturated carbocycles. The molecule has 8 nitrogen and oxygen atoms in total. The second-order valence-corrected chi connectivity index (χ2v) is 5.35. The van der Waals surface area contributed by atoms with Crippen LogP contribution in [0.1, 0.15) is 0 Å². The summed E-state index contributed by atoms with van der Waals surface area (Å²) < 4.78 is 6.33. The van der Waals surface area contributed by atoms with Crippen LogP contribution in [0.5, 0.6) is 6.01 Å². The second kappa shape index (κ2) is 5.05. The Morgan fingerprint density at radius 2 is 1.92 bits per heavy atom. The van der Waals surface area contributed by atoms with E-state index in [2.05, 4.69) is 19.9 Å². The minimum atomic E-state index is -0.326. The van der Waals surface area contributed by atoms with Crippen LogP contribution >= 0.6 is 0 Å². The molecule has 0 radical (unpaired) electrons. The Labute approximate surface area is 134 Å². The molecule has 0 saturated heterocycles. The number of aromatic nitrogens is 5. The molecule has 0 fully saturated rings. The SMILES string of the molecule is COc1nc2nc(-c3cc4ccccc4[nH]c3=O)[nH]c2c(=O)n1C. The number of imidazole rings is 1. The molecular weight excluding hydrogens is 310 g/mol. The van der Waals surface area contributed by atoms with Gasteiger partial charge < -0.3 is 14.7 Å². The third-order valence-corrected chi connectivity index (χ3v) is 3.88. The van der Waals surface area contributed by atoms with Crippen LogP contribution in [0.15, 0.2) is 39.9 Å². The van der Waals surface area contributed by atoms with Crippen molar-refractivity contribution in [3.05, 3.63) is 51.0 Å². The minimum Gasteiger partial charge on any atom is -0.468 e. The summed E-state index contributed by atoms with van der Waals surface area (Å²) in [4.78, 5) is 38.8. The normalized spacial score (nSPS) is 11.2. The lowest BCUT2D eigenvalue weighted by Crippen LogP contribution is -2.19. The predicted molar refractivity (Wildman–Crippen MR) is 89.2 cm³/mol. The number of fused-ring (bicyclic) bond motifs is 2. The first-order valence-electron chi connectivity index (χ1n) is 7.21. The van der Waals surface area contributed by atoms with Crippen molar-refractivity contribution in [1.82, 2.24) is 24.5 Å². The number of aromatic amines is 2. The zero-order valence-electron chi connectivity index (χ0n) is 13.0. The average Bonchev–Trinajstić information content (AvgIpc) is 3.01. The Kier molecular flexibility index (Phi) is 2.99. The second-order valence-electron chi connectivity index (χ2n) is 5.35. The van der Waals surface area contributed by atoms with E-state index in [1.807, 2.05) is 24.3 Å². The van der Waals surface area contributed by atoms with Crippen LogP contribution in [0.4, 0.5) is 0 Å². The summed E-state index contributed by atoms with van der Waals surface area (Å²) >= 11 is 0. The number of nitrogens with one attached hydrogen (secondary N) is 2. The smallest absolute Gasteiger partial charge is 0.300 e. The highest BCUT2D eigenvalue weighted by Crippen LogP contribution is 2.19. The monoisotopic (exact) mass is 323 g/mol. The summed E-state index contributed by atoms with van der Waals surface area (Å²) in [6, 6.07) is 9.31. The van der Waals surface area contributed by atoms with Gasteiger partial charge in [-0.25, -0.2) is 4.98 Å². The molecular formula is C16H13N5O3. The highest BCUT2D eigenvalue weighted by molar-refractivity contribution is 5.83. The van der Waals surface area contributed by atoms with Gasteiger partial charge in [0, 0.05) is 12.6 Å². The van der Waals surface area contributed by atoms with E-state index in [4.69, 9.17) is 4.74 Å². The van der Waals surface area contributed by atoms with Crippen LogP contribution < -0.4 is 15.9 Å². The van der Waals surface area contributed by atoms with Crippen LogP contribution in [0.25, 0.3) is 33.5 Å². The van der Waals surface area contributed by atoms with E-state index >= 15 is 0 Å². The molecule has 0 spiro atoms. The van der Waals surface area contributed by atoms with Gasteiger partial charge in [-0.05, 0) is 17.5 Å². The van der Waals surface area contributed by atoms with Crippen LogP contribution in [0.2, 0.25) is 0 Å². The number of hydrogen-bond donors (Lipinski definition) is 2. The maximum absolute atomic E-state index is 12.3. The minimum absolute atomic E-state index is 0.151. The van der Waals surface area contributed by atoms with E-state index in [1.165, 1.54) is 11.7 Å². The summed E-state index contributed by atoms with van der Waals surface area (Å²) in [5.74, 6) is 0.287. The molecule has 3 aromatic heterocycles. The number of para-hydroxylation sites is 1. The molecule has 0 atom stereocenters. The molecule has 0 unspecified atom stereocenters. The number of methoxy groups -OCH3 is 1. The van der Waals surface area contributed by atoms with Gasteiger partial charge in [-0.1, -0.05) is 18.2 Å². The van der Waals surface area contributed by atoms with E-state index in [1.54, 1.807) is 13.1 Å². The summed E-state index contributed by atoms with van der Waals surface area (Å²) in [5, 5.41) is 0.867. The maximum Gasteiger partial charge on any atom is 0.300 e. The zero-order valence-corrected chi connectivity index (χ0v) is 13.0. The van der Waals surface area contributed by atoms with Crippen molar-refractivity contribution in [2.24, 2.45) is 7.05 Å². The first-order chi connectivity index (χ1) is 11.6. The Hall–Kier alpha value is -3.42. The van der Waals surface area contributed by atoms with Gasteiger partial charge in [-0.3, -0.25) is 14.2 Å². The molecule has 120 valence electrons. The number of pyridine rings is 1. The molecule has 4 rings (SSSR count). The number of rotatable bonds is 2. The van der Waals surface area contributed by atoms with Gasteiger partial charge in [0.2, 0.25) is 0 Å². The fourth-order valence-corrected chi connectivity index (χ4v) is 2.65. The lowest BCUT2D eigenvalue weighted by molar-refractivity contribution is 0.359. The molecule has 24 heavy (non-hydrogen) atoms. The summed E-state index contributed by atoms with van der Waals surface area (Å²) in [5.41, 5.74) is 0.883. The highest BCUT2D eigenvalue weighted by Gasteiger charge is 2.16. The summed E-state index contributed by atoms with van der Waals surface area (Å²) in [7, 11) is 2.98. The van der Waals surface area contributed by atoms with Crippen LogP contribution in [0.3, 0.4) is 0 Å². The molecule has 0 bridgehead atoms. The Bertz CT molecular complexity index is 1200. The van der Waals surface area contributed by atoms with Gasteiger partial charge in [0.1, 0.15) is 5.82 Å². The van der Waals surface area contributed by atoms with Crippen molar-refractivity contribution in [3.63, 3.8) is 0 Å². The standard InChI is InChI=1S/C16H13N5O3/c1-21-15(23)11-13(20-16(21)24-2)19-12(18-11)9-7-8-5-3-4-6-10(8)17-14(9)22/h3-7H,1-2H3,(H,17,22)(H,18,19). The first-order valence-corrected chi connectivity index (χ1v) is 7.21. The van der Waals surface area contributed by atoms with Gasteiger partial charge in [-0.15, -0.1) is 0 Å². The zero-order chi connectivity index (χ0) is 16.8. The quantitative estimate of drug-likeness (QED) is 0.576. The Balaban J connectivity index is 2.00. The largest absolute Gasteiger partial charge is 0.468 e. The van der Waals surface area contributed by atoms with E-state index < -0.39 is 0 Å². The fourth-order valence-electron chi connectivity index (χ4n) is 2.65. The molecule has 0 aliphatic rings. The van der Waals surface area contributed by atoms with Crippen LogP contribution in [0, 0.1) is 0 Å². The van der Waals surface area contributed by atoms with Crippen molar-refractivity contribution >= 4 is 22.1 Å². The van der Waals surface area contributed by atoms with Gasteiger partial charge >= 0.3 is 6.01 Å². The topological polar surface area (TPSA) is 106 Å². The number of nitrogens with zero attached hydrogens (tertiary/aromatic N) is 3. The van der Waals surface area contributed by atoms with Gasteiger partial charge in [0.15, 0.2) is 11.2 Å². The Morgan fingerprint density at radius 1 is 1.12 bits per heavy atom. The van der Waals surface area contributed by atoms with E-state index in [0.29, 0.717) is 5.56 Å². The van der Waals surface area contributed by atoms with Crippen molar-refractivity contribution in [2.45, 2.75) is 0 Å². The van der Waals surface area contributed by atoms with Gasteiger partial charge in [0.25, 0.3) is 11.1 Å². The molecule has 1 aromatic carbocycles. The predicted octanol–water partition coefficient (Wildman–Crippen LogP) is 1.17. The first kappa shape index (κ1) is 14.2. The molecule has 0 aliphatic heterocycles. The fraction of sp³-hybridized carbons (Fsp3) is 0.125. The molecule has 2 N–H and O–H groups in total. The lowest BCUT2D eigenvalue weighted by atomic mass is 10.1. The molecule has 0 aliphatic carbocycles. The van der Waals surface area contributed by atoms with Crippen LogP contribution in [-0.2, 0) is 7.05 Å². The summed E-state index contributed by atoms with van der Waals surface area (Å²) in [6.07, 6.45) is 0. The summed E-state index contributed by atoms with van der Waals surface area (Å²) in [6.45, 7) is 0. The van der Waals surface area contributed by atoms with E-state index in [0.717, 1.165) is 10.9 Å². The number of hydrogen-bond acceptors (Lipinski definition) is 5. The third kappa shape index (κ3) is 2.00. The van der Waals surface area contributed by atoms with E-state index in [9.17, 15) is 9.59 Å². The highest BCUT2D eigenvalue weighted by atomic mass is 16.5. The molecule has 4 aromatic rings. The number of ether oxygens (including phenoxy) is 1. The molecule has 8 heteroatoms. The van der Waals surface area contributed by atoms with Crippen molar-refractivity contribution in [2.75, 3.05) is 7.11 Å². The van der Waals surface area contributed by atoms with Crippen molar-refractivity contribution in [1.29, 1.82) is 0 Å². The average molecular weight is 323 g/mol. The van der Waals surface area contributed by atoms with Crippen molar-refractivity contribution in [3.8, 4) is 17.4 Å². The van der Waals surface area contributed by atoms with Gasteiger partial charge in [-0.2, -0.15) is 4.98 Å². The van der Waals surface area contributed by atoms with E-state index in [-0.39, 0.29) is 34.1 Å². The number of benzene rings is 1. The van der Waals surface area contributed by atoms with Crippen molar-refractivity contribution < 1.29 is 4.74 Å². The third-order valence-electron chi connectivity index (χ3n) is 3.88. The maximum atomic E-state index is 12.3.